The summed E-state index contributed by atoms with van der Waals surface area (Å²) < 4.78 is 0. The van der Waals surface area contributed by atoms with E-state index in [9.17, 15) is 4.79 Å². The van der Waals surface area contributed by atoms with Crippen molar-refractivity contribution in [3.63, 3.8) is 0 Å². The number of hydrogen-bond donors (Lipinski definition) is 0. The molecule has 1 aromatic rings. The molecule has 72 valence electrons. The summed E-state index contributed by atoms with van der Waals surface area (Å²) in [5.74, 6) is 0.0717. The van der Waals surface area contributed by atoms with Crippen LogP contribution in [0.25, 0.3) is 0 Å². The first-order chi connectivity index (χ1) is 6.88. The zero-order chi connectivity index (χ0) is 9.80. The molecule has 0 spiro atoms. The van der Waals surface area contributed by atoms with E-state index in [-0.39, 0.29) is 5.91 Å². The van der Waals surface area contributed by atoms with E-state index in [0.717, 1.165) is 13.0 Å². The van der Waals surface area contributed by atoms with Crippen molar-refractivity contribution in [2.75, 3.05) is 13.1 Å². The van der Waals surface area contributed by atoms with Crippen LogP contribution in [-0.2, 0) is 0 Å². The summed E-state index contributed by atoms with van der Waals surface area (Å²) in [5, 5.41) is 0. The molecule has 0 unspecified atom stereocenters. The molecule has 0 atom stereocenters. The summed E-state index contributed by atoms with van der Waals surface area (Å²) in [7, 11) is 0. The van der Waals surface area contributed by atoms with Gasteiger partial charge in [0.1, 0.15) is 0 Å². The van der Waals surface area contributed by atoms with E-state index in [1.807, 2.05) is 11.0 Å². The lowest BCUT2D eigenvalue weighted by molar-refractivity contribution is 0.0770. The van der Waals surface area contributed by atoms with Gasteiger partial charge in [0, 0.05) is 25.5 Å². The molecule has 2 heterocycles. The highest BCUT2D eigenvalue weighted by Gasteiger charge is 2.15. The molecule has 0 radical (unpaired) electrons. The fourth-order valence-electron chi connectivity index (χ4n) is 1.50. The van der Waals surface area contributed by atoms with Gasteiger partial charge in [0.25, 0.3) is 5.91 Å². The van der Waals surface area contributed by atoms with Crippen LogP contribution >= 0.6 is 0 Å². The van der Waals surface area contributed by atoms with Crippen LogP contribution < -0.4 is 0 Å². The number of rotatable bonds is 1. The lowest BCUT2D eigenvalue weighted by Gasteiger charge is -2.23. The topological polar surface area (TPSA) is 33.2 Å². The maximum absolute atomic E-state index is 11.9. The second-order valence-electron chi connectivity index (χ2n) is 3.25. The Bertz CT molecular complexity index is 346. The average Bonchev–Trinajstić information content (AvgIpc) is 2.30. The summed E-state index contributed by atoms with van der Waals surface area (Å²) >= 11 is 0. The predicted octanol–water partition coefficient (Wildman–Crippen LogP) is 1.48. The molecule has 3 nitrogen and oxygen atoms in total. The lowest BCUT2D eigenvalue weighted by atomic mass is 10.2. The number of amides is 1. The Hall–Kier alpha value is -1.64. The standard InChI is InChI=1S/C11H12N2O/c14-11(10-5-4-6-12-9-10)13-7-2-1-3-8-13/h1-2,4-6,9H,3,7-8H2. The first kappa shape index (κ1) is 8.94. The molecule has 0 bridgehead atoms. The highest BCUT2D eigenvalue weighted by atomic mass is 16.2. The summed E-state index contributed by atoms with van der Waals surface area (Å²) in [6.07, 6.45) is 8.37. The Morgan fingerprint density at radius 1 is 1.43 bits per heavy atom. The maximum atomic E-state index is 11.9. The molecule has 1 aliphatic rings. The van der Waals surface area contributed by atoms with Crippen molar-refractivity contribution in [1.29, 1.82) is 0 Å². The summed E-state index contributed by atoms with van der Waals surface area (Å²) in [6.45, 7) is 1.53. The van der Waals surface area contributed by atoms with Crippen LogP contribution in [0.5, 0.6) is 0 Å². The molecule has 1 amide bonds. The number of hydrogen-bond acceptors (Lipinski definition) is 2. The molecular weight excluding hydrogens is 176 g/mol. The van der Waals surface area contributed by atoms with Crippen molar-refractivity contribution in [2.24, 2.45) is 0 Å². The van der Waals surface area contributed by atoms with Crippen molar-refractivity contribution in [3.05, 3.63) is 42.2 Å². The van der Waals surface area contributed by atoms with E-state index in [1.54, 1.807) is 24.5 Å². The average molecular weight is 188 g/mol. The van der Waals surface area contributed by atoms with Gasteiger partial charge in [0.15, 0.2) is 0 Å². The second kappa shape index (κ2) is 4.05. The molecule has 1 aliphatic heterocycles. The van der Waals surface area contributed by atoms with E-state index >= 15 is 0 Å². The third kappa shape index (κ3) is 1.82. The van der Waals surface area contributed by atoms with Gasteiger partial charge >= 0.3 is 0 Å². The number of aromatic nitrogens is 1. The van der Waals surface area contributed by atoms with Crippen molar-refractivity contribution in [3.8, 4) is 0 Å². The van der Waals surface area contributed by atoms with Crippen LogP contribution in [0.3, 0.4) is 0 Å². The van der Waals surface area contributed by atoms with Crippen molar-refractivity contribution < 1.29 is 4.79 Å². The second-order valence-corrected chi connectivity index (χ2v) is 3.25. The Morgan fingerprint density at radius 3 is 3.00 bits per heavy atom. The lowest BCUT2D eigenvalue weighted by Crippen LogP contribution is -2.33. The van der Waals surface area contributed by atoms with Gasteiger partial charge in [-0.15, -0.1) is 0 Å². The van der Waals surface area contributed by atoms with Gasteiger partial charge in [-0.1, -0.05) is 12.2 Å². The number of carbonyl (C=O) groups excluding carboxylic acids is 1. The van der Waals surface area contributed by atoms with Gasteiger partial charge in [0.2, 0.25) is 0 Å². The van der Waals surface area contributed by atoms with Crippen LogP contribution in [0.15, 0.2) is 36.7 Å². The van der Waals surface area contributed by atoms with Gasteiger partial charge in [-0.2, -0.15) is 0 Å². The van der Waals surface area contributed by atoms with Gasteiger partial charge in [0.05, 0.1) is 5.56 Å². The third-order valence-electron chi connectivity index (χ3n) is 2.25. The monoisotopic (exact) mass is 188 g/mol. The molecule has 0 fully saturated rings. The number of nitrogens with zero attached hydrogens (tertiary/aromatic N) is 2. The molecule has 3 heteroatoms. The minimum absolute atomic E-state index is 0.0717. The van der Waals surface area contributed by atoms with Crippen molar-refractivity contribution in [2.45, 2.75) is 6.42 Å². The summed E-state index contributed by atoms with van der Waals surface area (Å²) in [4.78, 5) is 17.6. The molecule has 1 aromatic heterocycles. The Labute approximate surface area is 83.1 Å². The molecule has 14 heavy (non-hydrogen) atoms. The zero-order valence-electron chi connectivity index (χ0n) is 7.89. The quantitative estimate of drug-likeness (QED) is 0.625. The van der Waals surface area contributed by atoms with E-state index in [0.29, 0.717) is 12.1 Å². The van der Waals surface area contributed by atoms with Gasteiger partial charge < -0.3 is 4.90 Å². The molecule has 0 aromatic carbocycles. The van der Waals surface area contributed by atoms with Crippen LogP contribution in [0.4, 0.5) is 0 Å². The maximum Gasteiger partial charge on any atom is 0.255 e. The minimum Gasteiger partial charge on any atom is -0.335 e. The number of carbonyl (C=O) groups is 1. The van der Waals surface area contributed by atoms with Crippen LogP contribution in [-0.4, -0.2) is 28.9 Å². The molecule has 0 aliphatic carbocycles. The van der Waals surface area contributed by atoms with Crippen molar-refractivity contribution in [1.82, 2.24) is 9.88 Å². The van der Waals surface area contributed by atoms with Gasteiger partial charge in [-0.05, 0) is 18.6 Å². The summed E-state index contributed by atoms with van der Waals surface area (Å²) in [6, 6.07) is 3.58. The highest BCUT2D eigenvalue weighted by Crippen LogP contribution is 2.07. The fourth-order valence-corrected chi connectivity index (χ4v) is 1.50. The predicted molar refractivity (Wildman–Crippen MR) is 53.9 cm³/mol. The molecule has 0 N–H and O–H groups in total. The highest BCUT2D eigenvalue weighted by molar-refractivity contribution is 5.94. The van der Waals surface area contributed by atoms with Crippen LogP contribution in [0, 0.1) is 0 Å². The molecular formula is C11H12N2O. The van der Waals surface area contributed by atoms with Crippen LogP contribution in [0.2, 0.25) is 0 Å². The molecule has 2 rings (SSSR count). The largest absolute Gasteiger partial charge is 0.335 e. The molecule has 0 saturated carbocycles. The van der Waals surface area contributed by atoms with Crippen LogP contribution in [0.1, 0.15) is 16.8 Å². The zero-order valence-corrected chi connectivity index (χ0v) is 7.89. The SMILES string of the molecule is O=C(c1cccnc1)N1CC=CCC1. The Balaban J connectivity index is 2.12. The Kier molecular flexibility index (Phi) is 2.58. The Morgan fingerprint density at radius 2 is 2.36 bits per heavy atom. The normalized spacial score (nSPS) is 15.6. The van der Waals surface area contributed by atoms with Gasteiger partial charge in [-0.25, -0.2) is 0 Å². The first-order valence-corrected chi connectivity index (χ1v) is 4.72. The smallest absolute Gasteiger partial charge is 0.255 e. The van der Waals surface area contributed by atoms with E-state index in [1.165, 1.54) is 0 Å². The van der Waals surface area contributed by atoms with E-state index in [2.05, 4.69) is 11.1 Å². The third-order valence-corrected chi connectivity index (χ3v) is 2.25. The summed E-state index contributed by atoms with van der Waals surface area (Å²) in [5.41, 5.74) is 0.669. The van der Waals surface area contributed by atoms with Crippen molar-refractivity contribution >= 4 is 5.91 Å². The van der Waals surface area contributed by atoms with E-state index in [4.69, 9.17) is 0 Å². The molecule has 0 saturated heterocycles. The van der Waals surface area contributed by atoms with E-state index < -0.39 is 0 Å². The van der Waals surface area contributed by atoms with Gasteiger partial charge in [-0.3, -0.25) is 9.78 Å². The first-order valence-electron chi connectivity index (χ1n) is 4.72. The minimum atomic E-state index is 0.0717. The number of pyridine rings is 1. The fraction of sp³-hybridized carbons (Fsp3) is 0.273.